The van der Waals surface area contributed by atoms with Crippen LogP contribution in [0.15, 0.2) is 48.5 Å². The van der Waals surface area contributed by atoms with Gasteiger partial charge in [0.1, 0.15) is 11.6 Å². The molecule has 1 amide bonds. The monoisotopic (exact) mass is 370 g/mol. The van der Waals surface area contributed by atoms with E-state index in [0.29, 0.717) is 5.69 Å². The summed E-state index contributed by atoms with van der Waals surface area (Å²) in [6.45, 7) is 2.43. The molecule has 0 aliphatic carbocycles. The van der Waals surface area contributed by atoms with Crippen LogP contribution in [0.3, 0.4) is 0 Å². The number of nitrogens with zero attached hydrogens (tertiary/aromatic N) is 2. The van der Waals surface area contributed by atoms with E-state index in [2.05, 4.69) is 4.90 Å². The molecule has 2 aromatic rings. The van der Waals surface area contributed by atoms with Crippen molar-refractivity contribution in [3.05, 3.63) is 59.9 Å². The zero-order chi connectivity index (χ0) is 19.0. The van der Waals surface area contributed by atoms with Crippen molar-refractivity contribution >= 4 is 11.6 Å². The van der Waals surface area contributed by atoms with Crippen LogP contribution < -0.4 is 4.90 Å². The molecule has 2 saturated heterocycles. The van der Waals surface area contributed by atoms with Gasteiger partial charge in [-0.3, -0.25) is 9.69 Å². The smallest absolute Gasteiger partial charge is 0.259 e. The molecule has 6 heteroatoms. The summed E-state index contributed by atoms with van der Waals surface area (Å²) in [6, 6.07) is 13.4. The number of rotatable bonds is 4. The molecule has 1 atom stereocenters. The predicted molar refractivity (Wildman–Crippen MR) is 100 cm³/mol. The SMILES string of the molecule is COC1C(=O)N(c2cccc(F)c2)C12CCN(Cc1ccc(O)cc1)CC2. The van der Waals surface area contributed by atoms with Crippen molar-refractivity contribution in [2.45, 2.75) is 31.0 Å². The number of aromatic hydroxyl groups is 1. The van der Waals surface area contributed by atoms with E-state index in [0.717, 1.165) is 38.0 Å². The molecule has 2 aromatic carbocycles. The number of hydrogen-bond donors (Lipinski definition) is 1. The summed E-state index contributed by atoms with van der Waals surface area (Å²) in [4.78, 5) is 16.7. The minimum Gasteiger partial charge on any atom is -0.508 e. The quantitative estimate of drug-likeness (QED) is 0.841. The van der Waals surface area contributed by atoms with Crippen molar-refractivity contribution in [1.29, 1.82) is 0 Å². The molecule has 5 nitrogen and oxygen atoms in total. The van der Waals surface area contributed by atoms with E-state index in [9.17, 15) is 14.3 Å². The predicted octanol–water partition coefficient (Wildman–Crippen LogP) is 2.93. The second-order valence-corrected chi connectivity index (χ2v) is 7.32. The summed E-state index contributed by atoms with van der Waals surface area (Å²) < 4.78 is 19.2. The topological polar surface area (TPSA) is 53.0 Å². The van der Waals surface area contributed by atoms with E-state index in [4.69, 9.17) is 4.74 Å². The number of phenols is 1. The van der Waals surface area contributed by atoms with Crippen molar-refractivity contribution in [1.82, 2.24) is 4.90 Å². The molecule has 0 saturated carbocycles. The first-order valence-corrected chi connectivity index (χ1v) is 9.16. The molecule has 1 spiro atoms. The van der Waals surface area contributed by atoms with Crippen LogP contribution in [0.25, 0.3) is 0 Å². The zero-order valence-corrected chi connectivity index (χ0v) is 15.3. The second-order valence-electron chi connectivity index (χ2n) is 7.32. The molecule has 2 aliphatic heterocycles. The Bertz CT molecular complexity index is 832. The fourth-order valence-corrected chi connectivity index (χ4v) is 4.38. The van der Waals surface area contributed by atoms with Crippen molar-refractivity contribution in [3.63, 3.8) is 0 Å². The third-order valence-corrected chi connectivity index (χ3v) is 5.74. The Morgan fingerprint density at radius 1 is 1.19 bits per heavy atom. The number of hydrogen-bond acceptors (Lipinski definition) is 4. The molecule has 4 rings (SSSR count). The Kier molecular flexibility index (Phi) is 4.61. The van der Waals surface area contributed by atoms with E-state index in [1.165, 1.54) is 12.1 Å². The number of β-lactam (4-membered cyclic amide) rings is 1. The summed E-state index contributed by atoms with van der Waals surface area (Å²) in [5.41, 5.74) is 1.32. The first-order chi connectivity index (χ1) is 13.0. The second kappa shape index (κ2) is 6.94. The maximum Gasteiger partial charge on any atom is 0.259 e. The third-order valence-electron chi connectivity index (χ3n) is 5.74. The summed E-state index contributed by atoms with van der Waals surface area (Å²) in [6.07, 6.45) is 1.06. The molecular weight excluding hydrogens is 347 g/mol. The average molecular weight is 370 g/mol. The Balaban J connectivity index is 1.50. The molecule has 142 valence electrons. The molecule has 2 heterocycles. The number of carbonyl (C=O) groups excluding carboxylic acids is 1. The van der Waals surface area contributed by atoms with Crippen LogP contribution in [0.2, 0.25) is 0 Å². The lowest BCUT2D eigenvalue weighted by Gasteiger charge is -2.59. The van der Waals surface area contributed by atoms with Gasteiger partial charge in [0.25, 0.3) is 5.91 Å². The van der Waals surface area contributed by atoms with Crippen LogP contribution in [-0.2, 0) is 16.1 Å². The Morgan fingerprint density at radius 2 is 1.89 bits per heavy atom. The normalized spacial score (nSPS) is 22.1. The average Bonchev–Trinajstić information content (AvgIpc) is 2.65. The molecule has 27 heavy (non-hydrogen) atoms. The molecule has 2 aliphatic rings. The minimum atomic E-state index is -0.475. The fraction of sp³-hybridized carbons (Fsp3) is 0.381. The number of methoxy groups -OCH3 is 1. The molecule has 1 N–H and O–H groups in total. The van der Waals surface area contributed by atoms with Gasteiger partial charge in [-0.25, -0.2) is 4.39 Å². The van der Waals surface area contributed by atoms with Gasteiger partial charge in [0.2, 0.25) is 0 Å². The molecule has 0 bridgehead atoms. The van der Waals surface area contributed by atoms with E-state index < -0.39 is 11.6 Å². The van der Waals surface area contributed by atoms with Gasteiger partial charge < -0.3 is 14.7 Å². The van der Waals surface area contributed by atoms with Crippen molar-refractivity contribution < 1.29 is 19.0 Å². The van der Waals surface area contributed by atoms with Crippen LogP contribution >= 0.6 is 0 Å². The van der Waals surface area contributed by atoms with Gasteiger partial charge in [-0.15, -0.1) is 0 Å². The van der Waals surface area contributed by atoms with Gasteiger partial charge in [-0.05, 0) is 48.7 Å². The lowest BCUT2D eigenvalue weighted by Crippen LogP contribution is -2.77. The van der Waals surface area contributed by atoms with Crippen molar-refractivity contribution in [2.75, 3.05) is 25.1 Å². The number of carbonyl (C=O) groups is 1. The lowest BCUT2D eigenvalue weighted by atomic mass is 9.72. The summed E-state index contributed by atoms with van der Waals surface area (Å²) >= 11 is 0. The van der Waals surface area contributed by atoms with Crippen LogP contribution in [0.1, 0.15) is 18.4 Å². The Labute approximate surface area is 158 Å². The number of amides is 1. The van der Waals surface area contributed by atoms with E-state index in [1.807, 2.05) is 12.1 Å². The van der Waals surface area contributed by atoms with Crippen LogP contribution in [0.5, 0.6) is 5.75 Å². The highest BCUT2D eigenvalue weighted by Gasteiger charge is 2.61. The Morgan fingerprint density at radius 3 is 2.52 bits per heavy atom. The van der Waals surface area contributed by atoms with E-state index in [-0.39, 0.29) is 17.5 Å². The highest BCUT2D eigenvalue weighted by Crippen LogP contribution is 2.45. The van der Waals surface area contributed by atoms with Gasteiger partial charge in [-0.1, -0.05) is 18.2 Å². The maximum absolute atomic E-state index is 13.7. The number of phenolic OH excluding ortho intramolecular Hbond substituents is 1. The molecule has 0 radical (unpaired) electrons. The van der Waals surface area contributed by atoms with Crippen molar-refractivity contribution in [3.8, 4) is 5.75 Å². The highest BCUT2D eigenvalue weighted by molar-refractivity contribution is 6.06. The van der Waals surface area contributed by atoms with Gasteiger partial charge in [0, 0.05) is 32.4 Å². The standard InChI is InChI=1S/C21H23FN2O3/c1-27-19-20(26)24(17-4-2-3-16(22)13-17)21(19)9-11-23(12-10-21)14-15-5-7-18(25)8-6-15/h2-8,13,19,25H,9-12,14H2,1H3. The third kappa shape index (κ3) is 3.09. The Hall–Kier alpha value is -2.44. The van der Waals surface area contributed by atoms with E-state index >= 15 is 0 Å². The number of benzene rings is 2. The lowest BCUT2D eigenvalue weighted by molar-refractivity contribution is -0.151. The van der Waals surface area contributed by atoms with Crippen LogP contribution in [-0.4, -0.2) is 47.8 Å². The molecule has 2 fully saturated rings. The fourth-order valence-electron chi connectivity index (χ4n) is 4.38. The highest BCUT2D eigenvalue weighted by atomic mass is 19.1. The van der Waals surface area contributed by atoms with Crippen LogP contribution in [0.4, 0.5) is 10.1 Å². The van der Waals surface area contributed by atoms with Crippen LogP contribution in [0, 0.1) is 5.82 Å². The summed E-state index contributed by atoms with van der Waals surface area (Å²) in [7, 11) is 1.57. The zero-order valence-electron chi connectivity index (χ0n) is 15.3. The van der Waals surface area contributed by atoms with E-state index in [1.54, 1.807) is 36.3 Å². The number of piperidine rings is 1. The summed E-state index contributed by atoms with van der Waals surface area (Å²) in [5.74, 6) is -0.186. The van der Waals surface area contributed by atoms with Gasteiger partial charge in [0.05, 0.1) is 5.54 Å². The summed E-state index contributed by atoms with van der Waals surface area (Å²) in [5, 5.41) is 9.42. The number of halogens is 1. The minimum absolute atomic E-state index is 0.102. The van der Waals surface area contributed by atoms with Gasteiger partial charge in [0.15, 0.2) is 6.10 Å². The first kappa shape index (κ1) is 17.9. The first-order valence-electron chi connectivity index (χ1n) is 9.16. The number of anilines is 1. The largest absolute Gasteiger partial charge is 0.508 e. The molecule has 1 unspecified atom stereocenters. The molecular formula is C21H23FN2O3. The maximum atomic E-state index is 13.7. The number of likely N-dealkylation sites (tertiary alicyclic amines) is 1. The van der Waals surface area contributed by atoms with Gasteiger partial charge >= 0.3 is 0 Å². The van der Waals surface area contributed by atoms with Crippen molar-refractivity contribution in [2.24, 2.45) is 0 Å². The molecule has 0 aromatic heterocycles. The number of ether oxygens (including phenoxy) is 1. The van der Waals surface area contributed by atoms with Gasteiger partial charge in [-0.2, -0.15) is 0 Å².